The second kappa shape index (κ2) is 7.02. The van der Waals surface area contributed by atoms with Gasteiger partial charge in [0.2, 0.25) is 10.0 Å². The van der Waals surface area contributed by atoms with E-state index in [-0.39, 0.29) is 17.4 Å². The number of benzene rings is 2. The smallest absolute Gasteiger partial charge is 0.244 e. The second-order valence-electron chi connectivity index (χ2n) is 6.98. The zero-order chi connectivity index (χ0) is 18.9. The highest BCUT2D eigenvalue weighted by Gasteiger charge is 2.45. The normalized spacial score (nSPS) is 16.9. The number of rotatable bonds is 7. The van der Waals surface area contributed by atoms with Crippen molar-refractivity contribution in [2.75, 3.05) is 13.7 Å². The average Bonchev–Trinajstić information content (AvgIpc) is 3.48. The lowest BCUT2D eigenvalue weighted by atomic mass is 9.89. The van der Waals surface area contributed by atoms with Gasteiger partial charge in [-0.3, -0.25) is 0 Å². The number of aliphatic hydroxyl groups is 1. The molecule has 1 atom stereocenters. The SMILES string of the molecule is COc1cc(C)c(C)cc1S(=O)(=O)NC[C@](O)(c1ccccc1)C1CC1. The Labute approximate surface area is 155 Å². The minimum absolute atomic E-state index is 0.0641. The molecule has 1 aliphatic rings. The third-order valence-electron chi connectivity index (χ3n) is 5.13. The van der Waals surface area contributed by atoms with Gasteiger partial charge in [0.1, 0.15) is 16.2 Å². The van der Waals surface area contributed by atoms with E-state index < -0.39 is 15.6 Å². The average molecular weight is 375 g/mol. The number of nitrogens with one attached hydrogen (secondary N) is 1. The van der Waals surface area contributed by atoms with Crippen LogP contribution < -0.4 is 9.46 Å². The molecule has 2 N–H and O–H groups in total. The van der Waals surface area contributed by atoms with E-state index in [9.17, 15) is 13.5 Å². The molecule has 0 unspecified atom stereocenters. The summed E-state index contributed by atoms with van der Waals surface area (Å²) in [6.07, 6.45) is 1.78. The molecule has 2 aromatic rings. The molecule has 6 heteroatoms. The van der Waals surface area contributed by atoms with Crippen molar-refractivity contribution in [3.05, 3.63) is 59.2 Å². The lowest BCUT2D eigenvalue weighted by Gasteiger charge is -2.29. The molecule has 0 amide bonds. The standard InChI is InChI=1S/C20H25NO4S/c1-14-11-18(25-3)19(12-15(14)2)26(23,24)21-13-20(22,17-9-10-17)16-7-5-4-6-8-16/h4-8,11-12,17,21-22H,9-10,13H2,1-3H3/t20-/m0/s1. The maximum absolute atomic E-state index is 12.9. The van der Waals surface area contributed by atoms with E-state index in [0.29, 0.717) is 5.75 Å². The first-order valence-corrected chi connectivity index (χ1v) is 10.2. The minimum Gasteiger partial charge on any atom is -0.495 e. The fourth-order valence-electron chi connectivity index (χ4n) is 3.19. The Morgan fingerprint density at radius 3 is 2.35 bits per heavy atom. The van der Waals surface area contributed by atoms with Gasteiger partial charge in [-0.2, -0.15) is 0 Å². The molecular formula is C20H25NO4S. The van der Waals surface area contributed by atoms with Crippen LogP contribution in [0.15, 0.2) is 47.4 Å². The van der Waals surface area contributed by atoms with Crippen LogP contribution in [0.1, 0.15) is 29.5 Å². The fourth-order valence-corrected chi connectivity index (χ4v) is 4.49. The lowest BCUT2D eigenvalue weighted by molar-refractivity contribution is 0.0185. The maximum Gasteiger partial charge on any atom is 0.244 e. The van der Waals surface area contributed by atoms with Crippen LogP contribution in [0.5, 0.6) is 5.75 Å². The third-order valence-corrected chi connectivity index (χ3v) is 6.55. The molecule has 2 aromatic carbocycles. The first kappa shape index (κ1) is 18.9. The largest absolute Gasteiger partial charge is 0.495 e. The number of sulfonamides is 1. The first-order valence-electron chi connectivity index (χ1n) is 8.71. The van der Waals surface area contributed by atoms with Crippen molar-refractivity contribution in [3.63, 3.8) is 0 Å². The van der Waals surface area contributed by atoms with Crippen LogP contribution in [0.4, 0.5) is 0 Å². The number of hydrogen-bond acceptors (Lipinski definition) is 4. The van der Waals surface area contributed by atoms with E-state index in [4.69, 9.17) is 4.74 Å². The number of ether oxygens (including phenoxy) is 1. The second-order valence-corrected chi connectivity index (χ2v) is 8.71. The predicted molar refractivity (Wildman–Crippen MR) is 101 cm³/mol. The molecule has 1 fully saturated rings. The van der Waals surface area contributed by atoms with Crippen LogP contribution >= 0.6 is 0 Å². The summed E-state index contributed by atoms with van der Waals surface area (Å²) in [6, 6.07) is 12.6. The van der Waals surface area contributed by atoms with Gasteiger partial charge in [-0.05, 0) is 61.4 Å². The van der Waals surface area contributed by atoms with Crippen molar-refractivity contribution in [2.24, 2.45) is 5.92 Å². The van der Waals surface area contributed by atoms with Crippen LogP contribution in [0.25, 0.3) is 0 Å². The molecular weight excluding hydrogens is 350 g/mol. The Kier molecular flexibility index (Phi) is 5.10. The van der Waals surface area contributed by atoms with Gasteiger partial charge in [-0.1, -0.05) is 30.3 Å². The van der Waals surface area contributed by atoms with Crippen LogP contribution in [-0.4, -0.2) is 27.2 Å². The summed E-state index contributed by atoms with van der Waals surface area (Å²) in [6.45, 7) is 3.70. The molecule has 1 saturated carbocycles. The quantitative estimate of drug-likeness (QED) is 0.780. The molecule has 0 bridgehead atoms. The predicted octanol–water partition coefficient (Wildman–Crippen LogP) is 2.89. The summed E-state index contributed by atoms with van der Waals surface area (Å²) >= 11 is 0. The van der Waals surface area contributed by atoms with Gasteiger partial charge in [-0.15, -0.1) is 0 Å². The number of methoxy groups -OCH3 is 1. The molecule has 5 nitrogen and oxygen atoms in total. The summed E-state index contributed by atoms with van der Waals surface area (Å²) in [5, 5.41) is 11.2. The summed E-state index contributed by atoms with van der Waals surface area (Å²) < 4.78 is 33.6. The topological polar surface area (TPSA) is 75.6 Å². The van der Waals surface area contributed by atoms with Crippen LogP contribution in [-0.2, 0) is 15.6 Å². The molecule has 140 valence electrons. The van der Waals surface area contributed by atoms with Crippen molar-refractivity contribution >= 4 is 10.0 Å². The van der Waals surface area contributed by atoms with E-state index in [1.807, 2.05) is 44.2 Å². The van der Waals surface area contributed by atoms with Gasteiger partial charge in [0, 0.05) is 6.54 Å². The van der Waals surface area contributed by atoms with Crippen molar-refractivity contribution < 1.29 is 18.3 Å². The van der Waals surface area contributed by atoms with E-state index in [2.05, 4.69) is 4.72 Å². The highest BCUT2D eigenvalue weighted by atomic mass is 32.2. The van der Waals surface area contributed by atoms with Crippen LogP contribution in [0.2, 0.25) is 0 Å². The molecule has 0 radical (unpaired) electrons. The Morgan fingerprint density at radius 2 is 1.77 bits per heavy atom. The van der Waals surface area contributed by atoms with Crippen molar-refractivity contribution in [3.8, 4) is 5.75 Å². The van der Waals surface area contributed by atoms with Gasteiger partial charge >= 0.3 is 0 Å². The van der Waals surface area contributed by atoms with E-state index in [0.717, 1.165) is 29.5 Å². The maximum atomic E-state index is 12.9. The third kappa shape index (κ3) is 3.63. The molecule has 3 rings (SSSR count). The van der Waals surface area contributed by atoms with Crippen molar-refractivity contribution in [1.29, 1.82) is 0 Å². The summed E-state index contributed by atoms with van der Waals surface area (Å²) in [4.78, 5) is 0.0920. The zero-order valence-corrected chi connectivity index (χ0v) is 16.1. The van der Waals surface area contributed by atoms with Gasteiger partial charge in [0.25, 0.3) is 0 Å². The van der Waals surface area contributed by atoms with E-state index in [1.54, 1.807) is 12.1 Å². The number of aryl methyl sites for hydroxylation is 2. The van der Waals surface area contributed by atoms with E-state index >= 15 is 0 Å². The Hall–Kier alpha value is -1.89. The Bertz CT molecular complexity index is 892. The van der Waals surface area contributed by atoms with Gasteiger partial charge in [0.15, 0.2) is 0 Å². The number of hydrogen-bond donors (Lipinski definition) is 2. The van der Waals surface area contributed by atoms with Gasteiger partial charge in [-0.25, -0.2) is 13.1 Å². The molecule has 26 heavy (non-hydrogen) atoms. The van der Waals surface area contributed by atoms with Gasteiger partial charge < -0.3 is 9.84 Å². The lowest BCUT2D eigenvalue weighted by Crippen LogP contribution is -2.42. The Morgan fingerprint density at radius 1 is 1.15 bits per heavy atom. The van der Waals surface area contributed by atoms with Crippen LogP contribution in [0, 0.1) is 19.8 Å². The monoisotopic (exact) mass is 375 g/mol. The summed E-state index contributed by atoms with van der Waals surface area (Å²) in [5.74, 6) is 0.365. The highest BCUT2D eigenvalue weighted by molar-refractivity contribution is 7.89. The summed E-state index contributed by atoms with van der Waals surface area (Å²) in [7, 11) is -2.37. The van der Waals surface area contributed by atoms with Crippen LogP contribution in [0.3, 0.4) is 0 Å². The first-order chi connectivity index (χ1) is 12.3. The highest BCUT2D eigenvalue weighted by Crippen LogP contribution is 2.45. The minimum atomic E-state index is -3.82. The molecule has 0 saturated heterocycles. The van der Waals surface area contributed by atoms with Gasteiger partial charge in [0.05, 0.1) is 7.11 Å². The molecule has 0 heterocycles. The van der Waals surface area contributed by atoms with E-state index in [1.165, 1.54) is 7.11 Å². The zero-order valence-electron chi connectivity index (χ0n) is 15.3. The van der Waals surface area contributed by atoms with Crippen molar-refractivity contribution in [1.82, 2.24) is 4.72 Å². The fraction of sp³-hybridized carbons (Fsp3) is 0.400. The molecule has 0 spiro atoms. The Balaban J connectivity index is 1.89. The molecule has 0 aliphatic heterocycles. The molecule has 1 aliphatic carbocycles. The van der Waals surface area contributed by atoms with Crippen molar-refractivity contribution in [2.45, 2.75) is 37.2 Å². The summed E-state index contributed by atoms with van der Waals surface area (Å²) in [5.41, 5.74) is 1.35. The molecule has 0 aromatic heterocycles.